The van der Waals surface area contributed by atoms with Gasteiger partial charge in [-0.25, -0.2) is 0 Å². The van der Waals surface area contributed by atoms with Crippen LogP contribution in [0, 0.1) is 0 Å². The van der Waals surface area contributed by atoms with Gasteiger partial charge < -0.3 is 18.8 Å². The van der Waals surface area contributed by atoms with Crippen molar-refractivity contribution < 1.29 is 18.7 Å². The minimum atomic E-state index is -0.550. The normalized spacial score (nSPS) is 14.8. The first-order chi connectivity index (χ1) is 17.5. The second-order valence-corrected chi connectivity index (χ2v) is 9.65. The molecule has 1 atom stereocenters. The number of carbonyl (C=O) groups is 1. The van der Waals surface area contributed by atoms with Gasteiger partial charge in [0.05, 0.1) is 30.7 Å². The molecule has 6 nitrogen and oxygen atoms in total. The third kappa shape index (κ3) is 4.51. The zero-order valence-corrected chi connectivity index (χ0v) is 21.7. The Morgan fingerprint density at radius 2 is 1.69 bits per heavy atom. The van der Waals surface area contributed by atoms with Gasteiger partial charge in [0.1, 0.15) is 17.1 Å². The van der Waals surface area contributed by atoms with Crippen LogP contribution in [0.1, 0.15) is 46.6 Å². The van der Waals surface area contributed by atoms with Crippen LogP contribution in [0.25, 0.3) is 11.0 Å². The molecule has 1 unspecified atom stereocenters. The molecule has 0 fully saturated rings. The number of carbonyl (C=O) groups excluding carboxylic acids is 1. The Balaban J connectivity index is 1.56. The molecular weight excluding hydrogens is 522 g/mol. The van der Waals surface area contributed by atoms with E-state index in [0.29, 0.717) is 36.1 Å². The number of fused-ring (bicyclic) bond motifs is 2. The van der Waals surface area contributed by atoms with Gasteiger partial charge in [-0.3, -0.25) is 9.59 Å². The molecule has 184 valence electrons. The molecule has 1 aliphatic rings. The third-order valence-corrected chi connectivity index (χ3v) is 6.89. The molecule has 0 spiro atoms. The summed E-state index contributed by atoms with van der Waals surface area (Å²) in [5.74, 6) is 1.36. The monoisotopic (exact) mass is 547 g/mol. The Kier molecular flexibility index (Phi) is 6.83. The fraction of sp³-hybridized carbons (Fsp3) is 0.241. The molecule has 0 saturated carbocycles. The van der Waals surface area contributed by atoms with E-state index in [2.05, 4.69) is 22.9 Å². The summed E-state index contributed by atoms with van der Waals surface area (Å²) in [6.45, 7) is 3.11. The zero-order valence-electron chi connectivity index (χ0n) is 20.1. The maximum absolute atomic E-state index is 13.7. The quantitative estimate of drug-likeness (QED) is 0.265. The van der Waals surface area contributed by atoms with E-state index in [0.717, 1.165) is 33.5 Å². The highest BCUT2D eigenvalue weighted by molar-refractivity contribution is 9.10. The molecule has 1 amide bonds. The lowest BCUT2D eigenvalue weighted by Gasteiger charge is -2.25. The maximum Gasteiger partial charge on any atom is 0.290 e. The van der Waals surface area contributed by atoms with Gasteiger partial charge in [-0.05, 0) is 66.4 Å². The van der Waals surface area contributed by atoms with Crippen LogP contribution < -0.4 is 14.9 Å². The summed E-state index contributed by atoms with van der Waals surface area (Å²) in [5.41, 5.74) is 2.48. The molecule has 2 heterocycles. The van der Waals surface area contributed by atoms with E-state index in [4.69, 9.17) is 13.9 Å². The van der Waals surface area contributed by atoms with Crippen molar-refractivity contribution in [2.75, 3.05) is 20.3 Å². The third-order valence-electron chi connectivity index (χ3n) is 6.40. The standard InChI is InChI=1S/C29H26BrNO5/c1-3-16-35-22-11-6-19(7-12-22)26-25-27(32)23-17-20(30)8-13-24(23)36-28(25)29(33)31(26)15-14-18-4-9-21(34-2)10-5-18/h4-13,17,26H,3,14-16H2,1-2H3. The first-order valence-corrected chi connectivity index (χ1v) is 12.7. The van der Waals surface area contributed by atoms with Crippen molar-refractivity contribution in [1.82, 2.24) is 4.90 Å². The SMILES string of the molecule is CCCOc1ccc(C2c3c(oc4ccc(Br)cc4c3=O)C(=O)N2CCc2ccc(OC)cc2)cc1. The minimum absolute atomic E-state index is 0.112. The van der Waals surface area contributed by atoms with Crippen LogP contribution in [0.2, 0.25) is 0 Å². The number of hydrogen-bond acceptors (Lipinski definition) is 5. The summed E-state index contributed by atoms with van der Waals surface area (Å²) >= 11 is 3.44. The number of nitrogens with zero attached hydrogens (tertiary/aromatic N) is 1. The van der Waals surface area contributed by atoms with E-state index in [1.54, 1.807) is 30.2 Å². The molecule has 5 rings (SSSR count). The minimum Gasteiger partial charge on any atom is -0.497 e. The Morgan fingerprint density at radius 1 is 0.972 bits per heavy atom. The van der Waals surface area contributed by atoms with Crippen LogP contribution in [0.15, 0.2) is 80.4 Å². The second kappa shape index (κ2) is 10.2. The van der Waals surface area contributed by atoms with Crippen molar-refractivity contribution in [3.8, 4) is 11.5 Å². The predicted octanol–water partition coefficient (Wildman–Crippen LogP) is 6.14. The molecule has 7 heteroatoms. The van der Waals surface area contributed by atoms with Gasteiger partial charge in [-0.15, -0.1) is 0 Å². The molecule has 1 aromatic heterocycles. The van der Waals surface area contributed by atoms with Gasteiger partial charge in [0.15, 0.2) is 5.43 Å². The Morgan fingerprint density at radius 3 is 2.39 bits per heavy atom. The Hall–Kier alpha value is -3.58. The van der Waals surface area contributed by atoms with Crippen molar-refractivity contribution in [3.63, 3.8) is 0 Å². The number of rotatable bonds is 8. The molecule has 0 bridgehead atoms. The summed E-state index contributed by atoms with van der Waals surface area (Å²) in [4.78, 5) is 29.0. The summed E-state index contributed by atoms with van der Waals surface area (Å²) in [6.07, 6.45) is 1.53. The molecule has 0 aliphatic carbocycles. The molecule has 36 heavy (non-hydrogen) atoms. The molecule has 1 aliphatic heterocycles. The van der Waals surface area contributed by atoms with Crippen molar-refractivity contribution in [2.24, 2.45) is 0 Å². The number of benzene rings is 3. The summed E-state index contributed by atoms with van der Waals surface area (Å²) in [7, 11) is 1.63. The van der Waals surface area contributed by atoms with Gasteiger partial charge in [0.25, 0.3) is 5.91 Å². The van der Waals surface area contributed by atoms with Crippen LogP contribution in [-0.2, 0) is 6.42 Å². The van der Waals surface area contributed by atoms with Crippen molar-refractivity contribution in [1.29, 1.82) is 0 Å². The van der Waals surface area contributed by atoms with Crippen LogP contribution in [0.4, 0.5) is 0 Å². The lowest BCUT2D eigenvalue weighted by atomic mass is 9.98. The van der Waals surface area contributed by atoms with E-state index in [9.17, 15) is 9.59 Å². The van der Waals surface area contributed by atoms with E-state index < -0.39 is 6.04 Å². The fourth-order valence-corrected chi connectivity index (χ4v) is 4.94. The smallest absolute Gasteiger partial charge is 0.290 e. The van der Waals surface area contributed by atoms with Gasteiger partial charge >= 0.3 is 0 Å². The predicted molar refractivity (Wildman–Crippen MR) is 142 cm³/mol. The molecular formula is C29H26BrNO5. The average molecular weight is 548 g/mol. The van der Waals surface area contributed by atoms with Gasteiger partial charge in [0.2, 0.25) is 5.76 Å². The highest BCUT2D eigenvalue weighted by atomic mass is 79.9. The van der Waals surface area contributed by atoms with E-state index in [1.165, 1.54) is 0 Å². The zero-order chi connectivity index (χ0) is 25.2. The van der Waals surface area contributed by atoms with E-state index in [-0.39, 0.29) is 17.1 Å². The first-order valence-electron chi connectivity index (χ1n) is 11.9. The highest BCUT2D eigenvalue weighted by Crippen LogP contribution is 2.39. The van der Waals surface area contributed by atoms with Gasteiger partial charge in [-0.1, -0.05) is 47.1 Å². The Bertz CT molecular complexity index is 1460. The van der Waals surface area contributed by atoms with Gasteiger partial charge in [0, 0.05) is 11.0 Å². The Labute approximate surface area is 217 Å². The van der Waals surface area contributed by atoms with Crippen molar-refractivity contribution >= 4 is 32.8 Å². The van der Waals surface area contributed by atoms with Crippen molar-refractivity contribution in [2.45, 2.75) is 25.8 Å². The van der Waals surface area contributed by atoms with Crippen LogP contribution >= 0.6 is 15.9 Å². The van der Waals surface area contributed by atoms with Crippen molar-refractivity contribution in [3.05, 3.63) is 104 Å². The van der Waals surface area contributed by atoms with Crippen LogP contribution in [0.3, 0.4) is 0 Å². The largest absolute Gasteiger partial charge is 0.497 e. The first kappa shape index (κ1) is 24.1. The van der Waals surface area contributed by atoms with E-state index in [1.807, 2.05) is 48.5 Å². The average Bonchev–Trinajstić information content (AvgIpc) is 3.18. The molecule has 0 saturated heterocycles. The summed E-state index contributed by atoms with van der Waals surface area (Å²) in [5, 5.41) is 0.445. The second-order valence-electron chi connectivity index (χ2n) is 8.73. The topological polar surface area (TPSA) is 69.0 Å². The fourth-order valence-electron chi connectivity index (χ4n) is 4.58. The molecule has 0 radical (unpaired) electrons. The number of ether oxygens (including phenoxy) is 2. The number of halogens is 1. The molecule has 4 aromatic rings. The summed E-state index contributed by atoms with van der Waals surface area (Å²) in [6, 6.07) is 20.1. The molecule has 0 N–H and O–H groups in total. The lowest BCUT2D eigenvalue weighted by Crippen LogP contribution is -2.31. The number of methoxy groups -OCH3 is 1. The maximum atomic E-state index is 13.7. The number of amides is 1. The summed E-state index contributed by atoms with van der Waals surface area (Å²) < 4.78 is 17.8. The lowest BCUT2D eigenvalue weighted by molar-refractivity contribution is 0.0730. The van der Waals surface area contributed by atoms with E-state index >= 15 is 0 Å². The highest BCUT2D eigenvalue weighted by Gasteiger charge is 2.42. The van der Waals surface area contributed by atoms with Gasteiger partial charge in [-0.2, -0.15) is 0 Å². The van der Waals surface area contributed by atoms with Crippen LogP contribution in [-0.4, -0.2) is 31.1 Å². The van der Waals surface area contributed by atoms with Crippen LogP contribution in [0.5, 0.6) is 11.5 Å². The number of hydrogen-bond donors (Lipinski definition) is 0. The molecule has 3 aromatic carbocycles.